The fourth-order valence-electron chi connectivity index (χ4n) is 2.10. The first-order chi connectivity index (χ1) is 8.56. The molecule has 0 aromatic heterocycles. The van der Waals surface area contributed by atoms with Gasteiger partial charge in [0.1, 0.15) is 0 Å². The maximum absolute atomic E-state index is 3.80. The fourth-order valence-corrected chi connectivity index (χ4v) is 3.33. The molecule has 0 saturated heterocycles. The summed E-state index contributed by atoms with van der Waals surface area (Å²) in [4.78, 5) is 0.356. The van der Waals surface area contributed by atoms with Crippen LogP contribution in [0, 0.1) is 13.8 Å². The topological polar surface area (TPSA) is 0 Å². The molecule has 2 aromatic rings. The van der Waals surface area contributed by atoms with Crippen LogP contribution in [0.15, 0.2) is 46.9 Å². The molecule has 0 bridgehead atoms. The highest BCUT2D eigenvalue weighted by Crippen LogP contribution is 2.30. The number of halogens is 2. The normalized spacial score (nSPS) is 12.4. The lowest BCUT2D eigenvalue weighted by molar-refractivity contribution is 0.935. The summed E-state index contributed by atoms with van der Waals surface area (Å²) in [6, 6.07) is 15.1. The van der Waals surface area contributed by atoms with Gasteiger partial charge in [0.15, 0.2) is 0 Å². The molecule has 0 fully saturated rings. The van der Waals surface area contributed by atoms with E-state index in [2.05, 4.69) is 88.2 Å². The third kappa shape index (κ3) is 3.46. The summed E-state index contributed by atoms with van der Waals surface area (Å²) < 4.78 is 1.15. The molecule has 0 nitrogen and oxygen atoms in total. The lowest BCUT2D eigenvalue weighted by Gasteiger charge is -2.13. The second kappa shape index (κ2) is 6.03. The SMILES string of the molecule is Cc1cc(Br)cc(C(Br)Cc2ccccc2C)c1. The smallest absolute Gasteiger partial charge is 0.0436 e. The summed E-state index contributed by atoms with van der Waals surface area (Å²) in [6.07, 6.45) is 1.02. The van der Waals surface area contributed by atoms with E-state index in [1.165, 1.54) is 22.3 Å². The van der Waals surface area contributed by atoms with Crippen LogP contribution in [0.4, 0.5) is 0 Å². The third-order valence-corrected chi connectivity index (χ3v) is 4.40. The first-order valence-electron chi connectivity index (χ1n) is 6.02. The zero-order valence-corrected chi connectivity index (χ0v) is 13.8. The first-order valence-corrected chi connectivity index (χ1v) is 7.73. The minimum atomic E-state index is 0.356. The zero-order valence-electron chi connectivity index (χ0n) is 10.6. The highest BCUT2D eigenvalue weighted by Gasteiger charge is 2.10. The summed E-state index contributed by atoms with van der Waals surface area (Å²) in [5.74, 6) is 0. The molecule has 0 spiro atoms. The molecule has 0 radical (unpaired) electrons. The van der Waals surface area contributed by atoms with Crippen molar-refractivity contribution in [1.29, 1.82) is 0 Å². The second-order valence-corrected chi connectivity index (χ2v) is 6.68. The van der Waals surface area contributed by atoms with E-state index in [-0.39, 0.29) is 0 Å². The summed E-state index contributed by atoms with van der Waals surface area (Å²) in [6.45, 7) is 4.29. The first kappa shape index (κ1) is 13.8. The van der Waals surface area contributed by atoms with Gasteiger partial charge in [0, 0.05) is 9.30 Å². The van der Waals surface area contributed by atoms with Gasteiger partial charge in [-0.2, -0.15) is 0 Å². The van der Waals surface area contributed by atoms with Gasteiger partial charge in [0.25, 0.3) is 0 Å². The van der Waals surface area contributed by atoms with Gasteiger partial charge in [-0.25, -0.2) is 0 Å². The van der Waals surface area contributed by atoms with Crippen LogP contribution >= 0.6 is 31.9 Å². The van der Waals surface area contributed by atoms with Crippen molar-refractivity contribution >= 4 is 31.9 Å². The van der Waals surface area contributed by atoms with Crippen molar-refractivity contribution in [1.82, 2.24) is 0 Å². The van der Waals surface area contributed by atoms with E-state index in [1.54, 1.807) is 0 Å². The molecule has 1 atom stereocenters. The largest absolute Gasteiger partial charge is 0.0835 e. The molecule has 0 heterocycles. The standard InChI is InChI=1S/C16H16Br2/c1-11-7-14(9-15(17)8-11)16(18)10-13-6-4-3-5-12(13)2/h3-9,16H,10H2,1-2H3. The second-order valence-electron chi connectivity index (χ2n) is 4.66. The highest BCUT2D eigenvalue weighted by atomic mass is 79.9. The van der Waals surface area contributed by atoms with Crippen LogP contribution < -0.4 is 0 Å². The molecule has 2 aromatic carbocycles. The van der Waals surface area contributed by atoms with Crippen molar-refractivity contribution in [3.05, 3.63) is 69.2 Å². The Kier molecular flexibility index (Phi) is 4.63. The van der Waals surface area contributed by atoms with Crippen LogP contribution in [-0.4, -0.2) is 0 Å². The molecular weight excluding hydrogens is 352 g/mol. The Morgan fingerprint density at radius 1 is 1.06 bits per heavy atom. The Morgan fingerprint density at radius 3 is 2.44 bits per heavy atom. The van der Waals surface area contributed by atoms with Crippen molar-refractivity contribution in [2.24, 2.45) is 0 Å². The molecule has 18 heavy (non-hydrogen) atoms. The lowest BCUT2D eigenvalue weighted by atomic mass is 10.00. The Bertz CT molecular complexity index is 526. The zero-order chi connectivity index (χ0) is 13.1. The molecule has 0 aliphatic carbocycles. The number of benzene rings is 2. The maximum atomic E-state index is 3.80. The molecule has 94 valence electrons. The van der Waals surface area contributed by atoms with Crippen molar-refractivity contribution in [3.63, 3.8) is 0 Å². The number of rotatable bonds is 3. The Morgan fingerprint density at radius 2 is 1.78 bits per heavy atom. The van der Waals surface area contributed by atoms with Crippen LogP contribution in [0.1, 0.15) is 27.1 Å². The van der Waals surface area contributed by atoms with Crippen molar-refractivity contribution in [2.75, 3.05) is 0 Å². The molecule has 0 saturated carbocycles. The summed E-state index contributed by atoms with van der Waals surface area (Å²) in [7, 11) is 0. The lowest BCUT2D eigenvalue weighted by Crippen LogP contribution is -1.98. The molecular formula is C16H16Br2. The van der Waals surface area contributed by atoms with E-state index in [0.717, 1.165) is 10.9 Å². The summed E-state index contributed by atoms with van der Waals surface area (Å²) in [5.41, 5.74) is 5.37. The van der Waals surface area contributed by atoms with Crippen LogP contribution in [0.2, 0.25) is 0 Å². The number of hydrogen-bond acceptors (Lipinski definition) is 0. The Balaban J connectivity index is 2.22. The number of hydrogen-bond donors (Lipinski definition) is 0. The molecule has 0 aliphatic rings. The van der Waals surface area contributed by atoms with Gasteiger partial charge >= 0.3 is 0 Å². The predicted octanol–water partition coefficient (Wildman–Crippen LogP) is 5.74. The van der Waals surface area contributed by atoms with E-state index in [0.29, 0.717) is 4.83 Å². The highest BCUT2D eigenvalue weighted by molar-refractivity contribution is 9.10. The maximum Gasteiger partial charge on any atom is 0.0436 e. The van der Waals surface area contributed by atoms with Gasteiger partial charge in [-0.05, 0) is 54.7 Å². The van der Waals surface area contributed by atoms with Crippen LogP contribution in [0.25, 0.3) is 0 Å². The van der Waals surface area contributed by atoms with Gasteiger partial charge in [-0.15, -0.1) is 0 Å². The van der Waals surface area contributed by atoms with Gasteiger partial charge in [0.05, 0.1) is 0 Å². The third-order valence-electron chi connectivity index (χ3n) is 3.09. The van der Waals surface area contributed by atoms with Gasteiger partial charge in [-0.3, -0.25) is 0 Å². The van der Waals surface area contributed by atoms with E-state index in [1.807, 2.05) is 0 Å². The summed E-state index contributed by atoms with van der Waals surface area (Å²) >= 11 is 7.36. The molecule has 0 N–H and O–H groups in total. The monoisotopic (exact) mass is 366 g/mol. The molecule has 2 rings (SSSR count). The fraction of sp³-hybridized carbons (Fsp3) is 0.250. The average Bonchev–Trinajstić information content (AvgIpc) is 2.31. The minimum Gasteiger partial charge on any atom is -0.0835 e. The van der Waals surface area contributed by atoms with Gasteiger partial charge in [0.2, 0.25) is 0 Å². The van der Waals surface area contributed by atoms with E-state index < -0.39 is 0 Å². The minimum absolute atomic E-state index is 0.356. The van der Waals surface area contributed by atoms with Crippen molar-refractivity contribution in [2.45, 2.75) is 25.1 Å². The molecule has 1 unspecified atom stereocenters. The van der Waals surface area contributed by atoms with Crippen LogP contribution in [0.5, 0.6) is 0 Å². The van der Waals surface area contributed by atoms with Crippen LogP contribution in [-0.2, 0) is 6.42 Å². The van der Waals surface area contributed by atoms with Crippen molar-refractivity contribution in [3.8, 4) is 0 Å². The van der Waals surface area contributed by atoms with E-state index in [9.17, 15) is 0 Å². The predicted molar refractivity (Wildman–Crippen MR) is 85.4 cm³/mol. The number of alkyl halides is 1. The summed E-state index contributed by atoms with van der Waals surface area (Å²) in [5, 5.41) is 0. The van der Waals surface area contributed by atoms with E-state index >= 15 is 0 Å². The quantitative estimate of drug-likeness (QED) is 0.606. The average molecular weight is 368 g/mol. The van der Waals surface area contributed by atoms with Crippen LogP contribution in [0.3, 0.4) is 0 Å². The Labute approximate surface area is 126 Å². The molecule has 0 amide bonds. The molecule has 0 aliphatic heterocycles. The van der Waals surface area contributed by atoms with Crippen molar-refractivity contribution < 1.29 is 0 Å². The van der Waals surface area contributed by atoms with Gasteiger partial charge in [-0.1, -0.05) is 62.2 Å². The Hall–Kier alpha value is -0.600. The van der Waals surface area contributed by atoms with E-state index in [4.69, 9.17) is 0 Å². The molecule has 2 heteroatoms. The van der Waals surface area contributed by atoms with Gasteiger partial charge < -0.3 is 0 Å². The number of aryl methyl sites for hydroxylation is 2.